The molecule has 2 rings (SSSR count). The van der Waals surface area contributed by atoms with Crippen molar-refractivity contribution in [2.24, 2.45) is 0 Å². The molecule has 7 heteroatoms. The van der Waals surface area contributed by atoms with E-state index in [0.29, 0.717) is 23.4 Å². The lowest BCUT2D eigenvalue weighted by Gasteiger charge is -2.12. The number of hydrogen-bond acceptors (Lipinski definition) is 4. The van der Waals surface area contributed by atoms with E-state index < -0.39 is 10.0 Å². The Morgan fingerprint density at radius 2 is 1.79 bits per heavy atom. The number of hydrogen-bond donors (Lipinski definition) is 2. The molecule has 0 atom stereocenters. The molecule has 0 saturated heterocycles. The van der Waals surface area contributed by atoms with E-state index in [1.165, 1.54) is 0 Å². The molecule has 0 saturated carbocycles. The lowest BCUT2D eigenvalue weighted by molar-refractivity contribution is 0.0955. The zero-order valence-corrected chi connectivity index (χ0v) is 15.2. The van der Waals surface area contributed by atoms with Crippen LogP contribution in [0.4, 0.5) is 5.69 Å². The Labute approximate surface area is 146 Å². The molecule has 0 bridgehead atoms. The lowest BCUT2D eigenvalue weighted by Crippen LogP contribution is -2.26. The topological polar surface area (TPSA) is 75.3 Å². The second-order valence-electron chi connectivity index (χ2n) is 5.27. The Morgan fingerprint density at radius 1 is 1.08 bits per heavy atom. The van der Waals surface area contributed by atoms with Crippen LogP contribution < -0.4 is 10.0 Å². The monoisotopic (exact) mass is 364 g/mol. The van der Waals surface area contributed by atoms with E-state index in [4.69, 9.17) is 0 Å². The summed E-state index contributed by atoms with van der Waals surface area (Å²) in [6.07, 6.45) is 1.08. The molecule has 0 aliphatic heterocycles. The lowest BCUT2D eigenvalue weighted by atomic mass is 10.1. The van der Waals surface area contributed by atoms with Crippen LogP contribution in [0.25, 0.3) is 0 Å². The van der Waals surface area contributed by atoms with Crippen molar-refractivity contribution >= 4 is 33.4 Å². The van der Waals surface area contributed by atoms with Gasteiger partial charge in [0.2, 0.25) is 10.0 Å². The summed E-state index contributed by atoms with van der Waals surface area (Å²) in [7, 11) is -3.38. The minimum absolute atomic E-state index is 0.210. The first-order valence-electron chi connectivity index (χ1n) is 7.40. The summed E-state index contributed by atoms with van der Waals surface area (Å²) in [6, 6.07) is 14.9. The molecular formula is C17H20N2O3S2. The van der Waals surface area contributed by atoms with Gasteiger partial charge in [0.1, 0.15) is 0 Å². The van der Waals surface area contributed by atoms with E-state index in [-0.39, 0.29) is 5.91 Å². The molecular weight excluding hydrogens is 344 g/mol. The molecule has 2 aromatic rings. The molecule has 0 unspecified atom stereocenters. The van der Waals surface area contributed by atoms with Crippen LogP contribution in [0.15, 0.2) is 53.4 Å². The zero-order chi connectivity index (χ0) is 17.6. The molecule has 2 aromatic carbocycles. The van der Waals surface area contributed by atoms with Crippen molar-refractivity contribution in [2.45, 2.75) is 11.8 Å². The summed E-state index contributed by atoms with van der Waals surface area (Å²) < 4.78 is 25.2. The van der Waals surface area contributed by atoms with Gasteiger partial charge in [0, 0.05) is 22.8 Å². The normalized spacial score (nSPS) is 11.1. The Kier molecular flexibility index (Phi) is 6.28. The maximum atomic E-state index is 12.3. The molecule has 0 heterocycles. The number of benzene rings is 2. The first-order chi connectivity index (χ1) is 11.4. The number of sulfonamides is 1. The number of thioether (sulfide) groups is 1. The van der Waals surface area contributed by atoms with Crippen LogP contribution in [0, 0.1) is 6.92 Å². The molecule has 0 aliphatic rings. The number of carbonyl (C=O) groups excluding carboxylic acids is 1. The summed E-state index contributed by atoms with van der Waals surface area (Å²) in [5, 5.41) is 2.86. The maximum absolute atomic E-state index is 12.3. The van der Waals surface area contributed by atoms with Gasteiger partial charge < -0.3 is 5.32 Å². The van der Waals surface area contributed by atoms with Crippen LogP contribution in [-0.4, -0.2) is 32.9 Å². The van der Waals surface area contributed by atoms with E-state index in [9.17, 15) is 13.2 Å². The quantitative estimate of drug-likeness (QED) is 0.585. The second-order valence-corrected chi connectivity index (χ2v) is 8.19. The van der Waals surface area contributed by atoms with Crippen molar-refractivity contribution in [2.75, 3.05) is 23.3 Å². The van der Waals surface area contributed by atoms with Crippen molar-refractivity contribution in [1.82, 2.24) is 5.32 Å². The Morgan fingerprint density at radius 3 is 2.46 bits per heavy atom. The summed E-state index contributed by atoms with van der Waals surface area (Å²) in [5.74, 6) is 0.550. The van der Waals surface area contributed by atoms with Crippen molar-refractivity contribution in [3.63, 3.8) is 0 Å². The van der Waals surface area contributed by atoms with Gasteiger partial charge in [-0.1, -0.05) is 24.3 Å². The highest BCUT2D eigenvalue weighted by molar-refractivity contribution is 7.99. The van der Waals surface area contributed by atoms with Crippen molar-refractivity contribution < 1.29 is 13.2 Å². The van der Waals surface area contributed by atoms with Crippen molar-refractivity contribution in [3.8, 4) is 0 Å². The number of nitrogens with one attached hydrogen (secondary N) is 2. The number of amides is 1. The molecule has 0 spiro atoms. The fraction of sp³-hybridized carbons (Fsp3) is 0.235. The third kappa shape index (κ3) is 5.58. The highest BCUT2D eigenvalue weighted by Crippen LogP contribution is 2.20. The predicted octanol–water partition coefficient (Wildman–Crippen LogP) is 2.89. The number of carbonyl (C=O) groups is 1. The molecule has 0 aromatic heterocycles. The van der Waals surface area contributed by atoms with E-state index in [1.807, 2.05) is 30.3 Å². The molecule has 0 radical (unpaired) electrons. The first kappa shape index (κ1) is 18.4. The first-order valence-corrected chi connectivity index (χ1v) is 10.3. The third-order valence-corrected chi connectivity index (χ3v) is 4.88. The summed E-state index contributed by atoms with van der Waals surface area (Å²) in [4.78, 5) is 13.5. The van der Waals surface area contributed by atoms with Gasteiger partial charge in [-0.25, -0.2) is 8.42 Å². The minimum Gasteiger partial charge on any atom is -0.351 e. The number of rotatable bonds is 7. The van der Waals surface area contributed by atoms with Gasteiger partial charge in [-0.3, -0.25) is 9.52 Å². The maximum Gasteiger partial charge on any atom is 0.251 e. The molecule has 24 heavy (non-hydrogen) atoms. The molecule has 2 N–H and O–H groups in total. The van der Waals surface area contributed by atoms with Crippen LogP contribution in [0.2, 0.25) is 0 Å². The fourth-order valence-electron chi connectivity index (χ4n) is 2.14. The highest BCUT2D eigenvalue weighted by Gasteiger charge is 2.13. The van der Waals surface area contributed by atoms with Crippen LogP contribution in [0.1, 0.15) is 15.9 Å². The van der Waals surface area contributed by atoms with E-state index in [2.05, 4.69) is 10.0 Å². The van der Waals surface area contributed by atoms with Crippen molar-refractivity contribution in [3.05, 3.63) is 59.7 Å². The zero-order valence-electron chi connectivity index (χ0n) is 13.6. The summed E-state index contributed by atoms with van der Waals surface area (Å²) in [6.45, 7) is 2.25. The average Bonchev–Trinajstić information content (AvgIpc) is 2.53. The molecule has 5 nitrogen and oxygen atoms in total. The average molecular weight is 364 g/mol. The molecule has 0 fully saturated rings. The second kappa shape index (κ2) is 8.21. The van der Waals surface area contributed by atoms with Crippen LogP contribution in [-0.2, 0) is 10.0 Å². The standard InChI is InChI=1S/C17H20N2O3S2/c1-13-15(9-6-10-16(13)19-24(2,21)22)17(20)18-11-12-23-14-7-4-3-5-8-14/h3-10,19H,11-12H2,1-2H3,(H,18,20). The van der Waals surface area contributed by atoms with Gasteiger partial charge in [0.05, 0.1) is 11.9 Å². The smallest absolute Gasteiger partial charge is 0.251 e. The summed E-state index contributed by atoms with van der Waals surface area (Å²) in [5.41, 5.74) is 1.49. The number of anilines is 1. The van der Waals surface area contributed by atoms with Gasteiger partial charge in [-0.2, -0.15) is 0 Å². The molecule has 128 valence electrons. The van der Waals surface area contributed by atoms with Gasteiger partial charge in [-0.15, -0.1) is 11.8 Å². The SMILES string of the molecule is Cc1c(NS(C)(=O)=O)cccc1C(=O)NCCSc1ccccc1. The molecule has 0 aliphatic carbocycles. The van der Waals surface area contributed by atoms with E-state index >= 15 is 0 Å². The minimum atomic E-state index is -3.38. The van der Waals surface area contributed by atoms with Crippen LogP contribution in [0.3, 0.4) is 0 Å². The Bertz CT molecular complexity index is 806. The van der Waals surface area contributed by atoms with Crippen LogP contribution in [0.5, 0.6) is 0 Å². The summed E-state index contributed by atoms with van der Waals surface area (Å²) >= 11 is 1.67. The van der Waals surface area contributed by atoms with Gasteiger partial charge in [0.25, 0.3) is 5.91 Å². The third-order valence-electron chi connectivity index (χ3n) is 3.27. The van der Waals surface area contributed by atoms with Crippen LogP contribution >= 0.6 is 11.8 Å². The van der Waals surface area contributed by atoms with E-state index in [1.54, 1.807) is 36.9 Å². The van der Waals surface area contributed by atoms with Gasteiger partial charge in [0.15, 0.2) is 0 Å². The molecule has 1 amide bonds. The largest absolute Gasteiger partial charge is 0.351 e. The highest BCUT2D eigenvalue weighted by atomic mass is 32.2. The Balaban J connectivity index is 1.94. The van der Waals surface area contributed by atoms with Gasteiger partial charge in [-0.05, 0) is 36.8 Å². The predicted molar refractivity (Wildman–Crippen MR) is 99.1 cm³/mol. The van der Waals surface area contributed by atoms with Crippen molar-refractivity contribution in [1.29, 1.82) is 0 Å². The fourth-order valence-corrected chi connectivity index (χ4v) is 3.55. The van der Waals surface area contributed by atoms with E-state index in [0.717, 1.165) is 16.9 Å². The van der Waals surface area contributed by atoms with Gasteiger partial charge >= 0.3 is 0 Å². The Hall–Kier alpha value is -1.99.